The van der Waals surface area contributed by atoms with E-state index in [2.05, 4.69) is 10.2 Å². The van der Waals surface area contributed by atoms with Crippen molar-refractivity contribution in [1.29, 1.82) is 0 Å². The van der Waals surface area contributed by atoms with Crippen molar-refractivity contribution in [2.75, 3.05) is 0 Å². The van der Waals surface area contributed by atoms with Crippen molar-refractivity contribution in [2.45, 2.75) is 5.88 Å². The van der Waals surface area contributed by atoms with Crippen molar-refractivity contribution in [2.24, 2.45) is 0 Å². The molecule has 0 amide bonds. The van der Waals surface area contributed by atoms with Gasteiger partial charge in [0.2, 0.25) is 0 Å². The molecule has 0 spiro atoms. The van der Waals surface area contributed by atoms with Crippen LogP contribution in [-0.4, -0.2) is 14.8 Å². The third-order valence-corrected chi connectivity index (χ3v) is 3.84. The van der Waals surface area contributed by atoms with Gasteiger partial charge < -0.3 is 0 Å². The molecule has 2 aromatic carbocycles. The summed E-state index contributed by atoms with van der Waals surface area (Å²) in [5, 5.41) is 9.51. The number of hydrogen-bond donors (Lipinski definition) is 0. The zero-order chi connectivity index (χ0) is 14.8. The number of benzene rings is 2. The Labute approximate surface area is 137 Å². The zero-order valence-corrected chi connectivity index (χ0v) is 13.1. The molecule has 0 N–H and O–H groups in total. The van der Waals surface area contributed by atoms with Crippen LogP contribution in [0, 0.1) is 0 Å². The van der Waals surface area contributed by atoms with Crippen LogP contribution in [0.3, 0.4) is 0 Å². The summed E-state index contributed by atoms with van der Waals surface area (Å²) < 4.78 is 1.88. The van der Waals surface area contributed by atoms with E-state index < -0.39 is 0 Å². The minimum absolute atomic E-state index is 0.250. The van der Waals surface area contributed by atoms with Crippen molar-refractivity contribution in [1.82, 2.24) is 14.8 Å². The van der Waals surface area contributed by atoms with E-state index in [0.717, 1.165) is 11.3 Å². The summed E-state index contributed by atoms with van der Waals surface area (Å²) in [5.41, 5.74) is 1.64. The normalized spacial score (nSPS) is 10.8. The average Bonchev–Trinajstić information content (AvgIpc) is 2.94. The molecule has 0 aliphatic carbocycles. The lowest BCUT2D eigenvalue weighted by atomic mass is 10.2. The van der Waals surface area contributed by atoms with Crippen molar-refractivity contribution >= 4 is 34.8 Å². The first-order valence-corrected chi connectivity index (χ1v) is 7.51. The highest BCUT2D eigenvalue weighted by molar-refractivity contribution is 6.35. The summed E-state index contributed by atoms with van der Waals surface area (Å²) in [5.74, 6) is 1.51. The SMILES string of the molecule is ClCc1nnc(-c2cc(Cl)ccc2Cl)n1-c1ccccc1. The Morgan fingerprint density at radius 1 is 0.952 bits per heavy atom. The van der Waals surface area contributed by atoms with Gasteiger partial charge in [-0.2, -0.15) is 0 Å². The summed E-state index contributed by atoms with van der Waals surface area (Å²) in [6, 6.07) is 15.0. The topological polar surface area (TPSA) is 30.7 Å². The summed E-state index contributed by atoms with van der Waals surface area (Å²) in [6.45, 7) is 0. The Morgan fingerprint density at radius 3 is 2.43 bits per heavy atom. The van der Waals surface area contributed by atoms with Crippen LogP contribution in [0.15, 0.2) is 48.5 Å². The molecule has 0 bridgehead atoms. The van der Waals surface area contributed by atoms with Crippen LogP contribution >= 0.6 is 34.8 Å². The van der Waals surface area contributed by atoms with Gasteiger partial charge >= 0.3 is 0 Å². The molecule has 0 aliphatic rings. The monoisotopic (exact) mass is 337 g/mol. The third kappa shape index (κ3) is 2.77. The second-order valence-electron chi connectivity index (χ2n) is 4.37. The van der Waals surface area contributed by atoms with Gasteiger partial charge in [-0.05, 0) is 30.3 Å². The lowest BCUT2D eigenvalue weighted by Gasteiger charge is -2.10. The van der Waals surface area contributed by atoms with Gasteiger partial charge in [-0.15, -0.1) is 21.8 Å². The average molecular weight is 339 g/mol. The summed E-state index contributed by atoms with van der Waals surface area (Å²) in [7, 11) is 0. The number of alkyl halides is 1. The van der Waals surface area contributed by atoms with Gasteiger partial charge in [0.1, 0.15) is 0 Å². The highest BCUT2D eigenvalue weighted by Gasteiger charge is 2.17. The van der Waals surface area contributed by atoms with Gasteiger partial charge in [-0.1, -0.05) is 41.4 Å². The summed E-state index contributed by atoms with van der Waals surface area (Å²) in [4.78, 5) is 0. The van der Waals surface area contributed by atoms with Crippen molar-refractivity contribution in [3.8, 4) is 17.1 Å². The van der Waals surface area contributed by atoms with E-state index in [9.17, 15) is 0 Å². The summed E-state index contributed by atoms with van der Waals surface area (Å²) >= 11 is 18.3. The van der Waals surface area contributed by atoms with Crippen LogP contribution in [0.25, 0.3) is 17.1 Å². The first-order valence-electron chi connectivity index (χ1n) is 6.22. The molecule has 0 aliphatic heterocycles. The van der Waals surface area contributed by atoms with Crippen molar-refractivity contribution < 1.29 is 0 Å². The Hall–Kier alpha value is -1.55. The molecule has 0 radical (unpaired) electrons. The van der Waals surface area contributed by atoms with E-state index in [1.165, 1.54) is 0 Å². The maximum absolute atomic E-state index is 6.27. The van der Waals surface area contributed by atoms with Gasteiger partial charge in [0.25, 0.3) is 0 Å². The molecule has 0 atom stereocenters. The van der Waals surface area contributed by atoms with Crippen molar-refractivity contribution in [3.63, 3.8) is 0 Å². The minimum atomic E-state index is 0.250. The first kappa shape index (κ1) is 14.4. The van der Waals surface area contributed by atoms with E-state index in [1.807, 2.05) is 34.9 Å². The minimum Gasteiger partial charge on any atom is -0.278 e. The second-order valence-corrected chi connectivity index (χ2v) is 5.48. The zero-order valence-electron chi connectivity index (χ0n) is 10.8. The molecule has 3 aromatic rings. The van der Waals surface area contributed by atoms with Gasteiger partial charge in [-0.25, -0.2) is 0 Å². The molecule has 3 nitrogen and oxygen atoms in total. The Morgan fingerprint density at radius 2 is 1.71 bits per heavy atom. The molecule has 1 heterocycles. The maximum Gasteiger partial charge on any atom is 0.170 e. The van der Waals surface area contributed by atoms with E-state index in [1.54, 1.807) is 18.2 Å². The Balaban J connectivity index is 2.25. The quantitative estimate of drug-likeness (QED) is 0.631. The van der Waals surface area contributed by atoms with Gasteiger partial charge in [-0.3, -0.25) is 4.57 Å². The summed E-state index contributed by atoms with van der Waals surface area (Å²) in [6.07, 6.45) is 0. The molecule has 3 rings (SSSR count). The standard InChI is InChI=1S/C15H10Cl3N3/c16-9-14-19-20-15(12-8-10(17)6-7-13(12)18)21(14)11-4-2-1-3-5-11/h1-8H,9H2. The molecule has 0 saturated carbocycles. The Kier molecular flexibility index (Phi) is 4.15. The number of para-hydroxylation sites is 1. The van der Waals surface area contributed by atoms with Gasteiger partial charge in [0.15, 0.2) is 11.6 Å². The predicted molar refractivity (Wildman–Crippen MR) is 86.4 cm³/mol. The molecular formula is C15H10Cl3N3. The highest BCUT2D eigenvalue weighted by Crippen LogP contribution is 2.31. The maximum atomic E-state index is 6.27. The van der Waals surface area contributed by atoms with Crippen LogP contribution < -0.4 is 0 Å². The predicted octanol–water partition coefficient (Wildman–Crippen LogP) is 4.98. The molecular weight excluding hydrogens is 329 g/mol. The fourth-order valence-corrected chi connectivity index (χ4v) is 2.64. The van der Waals surface area contributed by atoms with Crippen LogP contribution in [0.5, 0.6) is 0 Å². The van der Waals surface area contributed by atoms with Crippen molar-refractivity contribution in [3.05, 3.63) is 64.4 Å². The highest BCUT2D eigenvalue weighted by atomic mass is 35.5. The van der Waals surface area contributed by atoms with Crippen LogP contribution in [0.1, 0.15) is 5.82 Å². The number of halogens is 3. The van der Waals surface area contributed by atoms with Gasteiger partial charge in [0, 0.05) is 16.3 Å². The van der Waals surface area contributed by atoms with Crippen LogP contribution in [0.4, 0.5) is 0 Å². The number of aromatic nitrogens is 3. The second kappa shape index (κ2) is 6.06. The number of rotatable bonds is 3. The first-order chi connectivity index (χ1) is 10.2. The molecule has 0 unspecified atom stereocenters. The van der Waals surface area contributed by atoms with E-state index >= 15 is 0 Å². The van der Waals surface area contributed by atoms with Crippen LogP contribution in [-0.2, 0) is 5.88 Å². The van der Waals surface area contributed by atoms with E-state index in [4.69, 9.17) is 34.8 Å². The lowest BCUT2D eigenvalue weighted by molar-refractivity contribution is 0.953. The van der Waals surface area contributed by atoms with Gasteiger partial charge in [0.05, 0.1) is 10.9 Å². The number of nitrogens with zero attached hydrogens (tertiary/aromatic N) is 3. The lowest BCUT2D eigenvalue weighted by Crippen LogP contribution is -2.01. The molecule has 0 fully saturated rings. The Bertz CT molecular complexity index is 769. The smallest absolute Gasteiger partial charge is 0.170 e. The van der Waals surface area contributed by atoms with E-state index in [-0.39, 0.29) is 5.88 Å². The number of hydrogen-bond acceptors (Lipinski definition) is 2. The third-order valence-electron chi connectivity index (χ3n) is 3.03. The fourth-order valence-electron chi connectivity index (χ4n) is 2.09. The van der Waals surface area contributed by atoms with E-state index in [0.29, 0.717) is 21.7 Å². The van der Waals surface area contributed by atoms with Crippen LogP contribution in [0.2, 0.25) is 10.0 Å². The molecule has 106 valence electrons. The molecule has 6 heteroatoms. The molecule has 0 saturated heterocycles. The fraction of sp³-hybridized carbons (Fsp3) is 0.0667. The largest absolute Gasteiger partial charge is 0.278 e. The molecule has 21 heavy (non-hydrogen) atoms. The molecule has 1 aromatic heterocycles.